The Labute approximate surface area is 115 Å². The molecule has 0 aliphatic heterocycles. The van der Waals surface area contributed by atoms with Crippen molar-refractivity contribution in [2.24, 2.45) is 11.7 Å². The molecule has 1 aliphatic rings. The quantitative estimate of drug-likeness (QED) is 0.819. The second kappa shape index (κ2) is 6.26. The molecule has 0 radical (unpaired) electrons. The monoisotopic (exact) mass is 264 g/mol. The fraction of sp³-hybridized carbons (Fsp3) is 0.600. The highest BCUT2D eigenvalue weighted by molar-refractivity contribution is 5.42. The van der Waals surface area contributed by atoms with E-state index in [2.05, 4.69) is 11.9 Å². The van der Waals surface area contributed by atoms with Gasteiger partial charge in [0.25, 0.3) is 0 Å². The van der Waals surface area contributed by atoms with Crippen LogP contribution in [0.2, 0.25) is 0 Å². The van der Waals surface area contributed by atoms with Gasteiger partial charge in [0.1, 0.15) is 11.5 Å². The molecule has 2 N–H and O–H groups in total. The van der Waals surface area contributed by atoms with Gasteiger partial charge in [-0.05, 0) is 44.0 Å². The van der Waals surface area contributed by atoms with E-state index in [0.717, 1.165) is 29.5 Å². The van der Waals surface area contributed by atoms with E-state index in [9.17, 15) is 0 Å². The van der Waals surface area contributed by atoms with Crippen LogP contribution in [0.15, 0.2) is 18.2 Å². The van der Waals surface area contributed by atoms with Crippen LogP contribution in [0.3, 0.4) is 0 Å². The van der Waals surface area contributed by atoms with Crippen molar-refractivity contribution in [1.29, 1.82) is 0 Å². The van der Waals surface area contributed by atoms with Crippen LogP contribution in [0, 0.1) is 5.92 Å². The van der Waals surface area contributed by atoms with E-state index in [4.69, 9.17) is 15.2 Å². The predicted molar refractivity (Wildman–Crippen MR) is 76.7 cm³/mol. The first-order valence-corrected chi connectivity index (χ1v) is 6.81. The minimum atomic E-state index is 0.172. The summed E-state index contributed by atoms with van der Waals surface area (Å²) in [5.74, 6) is 2.56. The topological polar surface area (TPSA) is 47.7 Å². The maximum Gasteiger partial charge on any atom is 0.123 e. The Hall–Kier alpha value is -1.26. The summed E-state index contributed by atoms with van der Waals surface area (Å²) in [5, 5.41) is 0. The minimum absolute atomic E-state index is 0.172. The van der Waals surface area contributed by atoms with Crippen LogP contribution in [0.4, 0.5) is 0 Å². The molecule has 4 heteroatoms. The summed E-state index contributed by atoms with van der Waals surface area (Å²) >= 11 is 0. The third-order valence-electron chi connectivity index (χ3n) is 3.79. The van der Waals surface area contributed by atoms with Crippen molar-refractivity contribution in [2.75, 3.05) is 34.4 Å². The van der Waals surface area contributed by atoms with Gasteiger partial charge in [-0.1, -0.05) is 0 Å². The molecule has 0 aromatic heterocycles. The van der Waals surface area contributed by atoms with Crippen LogP contribution in [-0.2, 0) is 0 Å². The van der Waals surface area contributed by atoms with E-state index in [1.54, 1.807) is 14.2 Å². The Morgan fingerprint density at radius 1 is 1.32 bits per heavy atom. The SMILES string of the molecule is COc1ccc(OC)c(C(CN)N(C)CC2CC2)c1. The maximum atomic E-state index is 5.98. The molecule has 106 valence electrons. The summed E-state index contributed by atoms with van der Waals surface area (Å²) in [6.07, 6.45) is 2.69. The average molecular weight is 264 g/mol. The molecule has 0 saturated heterocycles. The van der Waals surface area contributed by atoms with Crippen molar-refractivity contribution in [2.45, 2.75) is 18.9 Å². The molecular formula is C15H24N2O2. The van der Waals surface area contributed by atoms with E-state index in [0.29, 0.717) is 6.54 Å². The Morgan fingerprint density at radius 2 is 2.05 bits per heavy atom. The fourth-order valence-electron chi connectivity index (χ4n) is 2.48. The number of benzene rings is 1. The highest BCUT2D eigenvalue weighted by Gasteiger charge is 2.27. The van der Waals surface area contributed by atoms with Gasteiger partial charge in [0.2, 0.25) is 0 Å². The summed E-state index contributed by atoms with van der Waals surface area (Å²) < 4.78 is 10.8. The number of hydrogen-bond acceptors (Lipinski definition) is 4. The fourth-order valence-corrected chi connectivity index (χ4v) is 2.48. The lowest BCUT2D eigenvalue weighted by atomic mass is 10.0. The lowest BCUT2D eigenvalue weighted by molar-refractivity contribution is 0.234. The molecule has 2 rings (SSSR count). The Balaban J connectivity index is 2.23. The summed E-state index contributed by atoms with van der Waals surface area (Å²) in [4.78, 5) is 2.33. The highest BCUT2D eigenvalue weighted by atomic mass is 16.5. The molecule has 1 aromatic rings. The lowest BCUT2D eigenvalue weighted by Gasteiger charge is -2.28. The van der Waals surface area contributed by atoms with Gasteiger partial charge in [-0.2, -0.15) is 0 Å². The number of rotatable bonds is 7. The molecule has 4 nitrogen and oxygen atoms in total. The van der Waals surface area contributed by atoms with E-state index in [1.165, 1.54) is 12.8 Å². The standard InChI is InChI=1S/C15H24N2O2/c1-17(10-11-4-5-11)14(9-16)13-8-12(18-2)6-7-15(13)19-3/h6-8,11,14H,4-5,9-10,16H2,1-3H3. The Kier molecular flexibility index (Phi) is 4.66. The molecular weight excluding hydrogens is 240 g/mol. The van der Waals surface area contributed by atoms with Crippen LogP contribution in [0.1, 0.15) is 24.4 Å². The van der Waals surface area contributed by atoms with Gasteiger partial charge in [-0.15, -0.1) is 0 Å². The molecule has 0 heterocycles. The van der Waals surface area contributed by atoms with Crippen LogP contribution < -0.4 is 15.2 Å². The zero-order valence-corrected chi connectivity index (χ0v) is 12.1. The average Bonchev–Trinajstić information content (AvgIpc) is 3.23. The third kappa shape index (κ3) is 3.39. The van der Waals surface area contributed by atoms with Crippen molar-refractivity contribution in [1.82, 2.24) is 4.90 Å². The van der Waals surface area contributed by atoms with Gasteiger partial charge in [0.15, 0.2) is 0 Å². The molecule has 1 fully saturated rings. The van der Waals surface area contributed by atoms with E-state index >= 15 is 0 Å². The van der Waals surface area contributed by atoms with E-state index in [1.807, 2.05) is 18.2 Å². The molecule has 0 bridgehead atoms. The smallest absolute Gasteiger partial charge is 0.123 e. The third-order valence-corrected chi connectivity index (χ3v) is 3.79. The van der Waals surface area contributed by atoms with Crippen molar-refractivity contribution in [3.8, 4) is 11.5 Å². The molecule has 1 aromatic carbocycles. The zero-order valence-electron chi connectivity index (χ0n) is 12.1. The van der Waals surface area contributed by atoms with Gasteiger partial charge in [0, 0.05) is 18.7 Å². The minimum Gasteiger partial charge on any atom is -0.497 e. The highest BCUT2D eigenvalue weighted by Crippen LogP contribution is 2.35. The van der Waals surface area contributed by atoms with Crippen LogP contribution in [0.5, 0.6) is 11.5 Å². The molecule has 1 atom stereocenters. The lowest BCUT2D eigenvalue weighted by Crippen LogP contribution is -2.32. The summed E-state index contributed by atoms with van der Waals surface area (Å²) in [5.41, 5.74) is 7.08. The molecule has 0 amide bonds. The van der Waals surface area contributed by atoms with Crippen molar-refractivity contribution in [3.63, 3.8) is 0 Å². The second-order valence-electron chi connectivity index (χ2n) is 5.24. The molecule has 1 unspecified atom stereocenters. The maximum absolute atomic E-state index is 5.98. The largest absolute Gasteiger partial charge is 0.497 e. The number of hydrogen-bond donors (Lipinski definition) is 1. The number of ether oxygens (including phenoxy) is 2. The first kappa shape index (κ1) is 14.2. The predicted octanol–water partition coefficient (Wildman–Crippen LogP) is 2.05. The van der Waals surface area contributed by atoms with E-state index < -0.39 is 0 Å². The van der Waals surface area contributed by atoms with Gasteiger partial charge in [0.05, 0.1) is 20.3 Å². The van der Waals surface area contributed by atoms with Gasteiger partial charge in [-0.3, -0.25) is 4.90 Å². The number of nitrogens with two attached hydrogens (primary N) is 1. The Bertz CT molecular complexity index is 419. The summed E-state index contributed by atoms with van der Waals surface area (Å²) in [7, 11) is 5.51. The van der Waals surface area contributed by atoms with Gasteiger partial charge in [-0.25, -0.2) is 0 Å². The van der Waals surface area contributed by atoms with Crippen molar-refractivity contribution in [3.05, 3.63) is 23.8 Å². The van der Waals surface area contributed by atoms with Crippen LogP contribution in [0.25, 0.3) is 0 Å². The van der Waals surface area contributed by atoms with Crippen LogP contribution in [-0.4, -0.2) is 39.3 Å². The van der Waals surface area contributed by atoms with Gasteiger partial charge < -0.3 is 15.2 Å². The molecule has 0 spiro atoms. The molecule has 1 aliphatic carbocycles. The number of likely N-dealkylation sites (N-methyl/N-ethyl adjacent to an activating group) is 1. The molecule has 1 saturated carbocycles. The first-order valence-electron chi connectivity index (χ1n) is 6.81. The summed E-state index contributed by atoms with van der Waals surface area (Å²) in [6, 6.07) is 6.06. The van der Waals surface area contributed by atoms with Crippen LogP contribution >= 0.6 is 0 Å². The first-order chi connectivity index (χ1) is 9.19. The van der Waals surface area contributed by atoms with Crippen molar-refractivity contribution < 1.29 is 9.47 Å². The molecule has 19 heavy (non-hydrogen) atoms. The Morgan fingerprint density at radius 3 is 2.58 bits per heavy atom. The van der Waals surface area contributed by atoms with Crippen molar-refractivity contribution >= 4 is 0 Å². The number of nitrogens with zero attached hydrogens (tertiary/aromatic N) is 1. The van der Waals surface area contributed by atoms with E-state index in [-0.39, 0.29) is 6.04 Å². The summed E-state index contributed by atoms with van der Waals surface area (Å²) in [6.45, 7) is 1.68. The van der Waals surface area contributed by atoms with Gasteiger partial charge >= 0.3 is 0 Å². The zero-order chi connectivity index (χ0) is 13.8. The normalized spacial score (nSPS) is 16.5. The number of methoxy groups -OCH3 is 2. The second-order valence-corrected chi connectivity index (χ2v) is 5.24.